The molecule has 3 heterocycles. The standard InChI is InChI=1S/C27H28N4O6/c32-25-8-4-11-30(25)12-5-13-31(27(34)20-6-2-1-3-7-20)17-21-15-22(29-37-21)26(33)28-16-19-9-10-23-24(14-19)36-18-35-23/h1-3,6-7,9-10,14-15H,4-5,8,11-13,16-18H2,(H,28,33). The van der Waals surface area contributed by atoms with E-state index in [9.17, 15) is 14.4 Å². The first-order valence-electron chi connectivity index (χ1n) is 12.3. The molecule has 0 aliphatic carbocycles. The van der Waals surface area contributed by atoms with Crippen LogP contribution in [0.15, 0.2) is 59.1 Å². The Morgan fingerprint density at radius 1 is 1.05 bits per heavy atom. The van der Waals surface area contributed by atoms with Crippen molar-refractivity contribution in [1.29, 1.82) is 0 Å². The number of nitrogens with zero attached hydrogens (tertiary/aromatic N) is 3. The molecule has 0 bridgehead atoms. The van der Waals surface area contributed by atoms with Gasteiger partial charge in [0, 0.05) is 44.2 Å². The lowest BCUT2D eigenvalue weighted by Gasteiger charge is -2.23. The molecule has 3 aromatic rings. The van der Waals surface area contributed by atoms with Crippen LogP contribution >= 0.6 is 0 Å². The molecule has 3 amide bonds. The van der Waals surface area contributed by atoms with Crippen molar-refractivity contribution in [3.8, 4) is 11.5 Å². The number of fused-ring (bicyclic) bond motifs is 1. The highest BCUT2D eigenvalue weighted by Crippen LogP contribution is 2.32. The average Bonchev–Trinajstić information content (AvgIpc) is 3.68. The van der Waals surface area contributed by atoms with Crippen LogP contribution in [-0.2, 0) is 17.9 Å². The number of hydrogen-bond acceptors (Lipinski definition) is 7. The highest BCUT2D eigenvalue weighted by Gasteiger charge is 2.23. The van der Waals surface area contributed by atoms with Crippen LogP contribution < -0.4 is 14.8 Å². The Kier molecular flexibility index (Phi) is 7.34. The van der Waals surface area contributed by atoms with Gasteiger partial charge in [-0.2, -0.15) is 0 Å². The number of ether oxygens (including phenoxy) is 2. The summed E-state index contributed by atoms with van der Waals surface area (Å²) in [6.45, 7) is 2.42. The van der Waals surface area contributed by atoms with Gasteiger partial charge in [-0.25, -0.2) is 0 Å². The van der Waals surface area contributed by atoms with Gasteiger partial charge in [0.05, 0.1) is 6.54 Å². The fourth-order valence-corrected chi connectivity index (χ4v) is 4.42. The van der Waals surface area contributed by atoms with Crippen molar-refractivity contribution in [2.75, 3.05) is 26.4 Å². The number of carbonyl (C=O) groups is 3. The summed E-state index contributed by atoms with van der Waals surface area (Å²) in [7, 11) is 0. The molecule has 5 rings (SSSR count). The molecule has 0 spiro atoms. The number of rotatable bonds is 10. The van der Waals surface area contributed by atoms with Crippen LogP contribution in [0.2, 0.25) is 0 Å². The Morgan fingerprint density at radius 3 is 2.70 bits per heavy atom. The van der Waals surface area contributed by atoms with Crippen molar-refractivity contribution in [2.24, 2.45) is 0 Å². The van der Waals surface area contributed by atoms with Crippen molar-refractivity contribution >= 4 is 17.7 Å². The number of likely N-dealkylation sites (tertiary alicyclic amines) is 1. The minimum atomic E-state index is -0.388. The molecule has 37 heavy (non-hydrogen) atoms. The first kappa shape index (κ1) is 24.4. The third kappa shape index (κ3) is 5.91. The van der Waals surface area contributed by atoms with Crippen molar-refractivity contribution < 1.29 is 28.4 Å². The van der Waals surface area contributed by atoms with Gasteiger partial charge in [0.25, 0.3) is 11.8 Å². The van der Waals surface area contributed by atoms with Crippen molar-refractivity contribution in [3.63, 3.8) is 0 Å². The molecule has 0 radical (unpaired) electrons. The summed E-state index contributed by atoms with van der Waals surface area (Å²) >= 11 is 0. The summed E-state index contributed by atoms with van der Waals surface area (Å²) < 4.78 is 16.1. The monoisotopic (exact) mass is 504 g/mol. The van der Waals surface area contributed by atoms with Gasteiger partial charge in [-0.05, 0) is 42.7 Å². The molecule has 1 aromatic heterocycles. The summed E-state index contributed by atoms with van der Waals surface area (Å²) in [6, 6.07) is 16.0. The SMILES string of the molecule is O=C(NCc1ccc2c(c1)OCO2)c1cc(CN(CCCN2CCCC2=O)C(=O)c2ccccc2)on1. The maximum atomic E-state index is 13.2. The lowest BCUT2D eigenvalue weighted by atomic mass is 10.2. The van der Waals surface area contributed by atoms with E-state index in [1.807, 2.05) is 35.2 Å². The molecule has 1 N–H and O–H groups in total. The summed E-state index contributed by atoms with van der Waals surface area (Å²) in [5, 5.41) is 6.72. The summed E-state index contributed by atoms with van der Waals surface area (Å²) in [5.41, 5.74) is 1.55. The summed E-state index contributed by atoms with van der Waals surface area (Å²) in [5.74, 6) is 1.34. The predicted molar refractivity (Wildman–Crippen MR) is 132 cm³/mol. The molecule has 192 valence electrons. The van der Waals surface area contributed by atoms with Crippen molar-refractivity contribution in [1.82, 2.24) is 20.3 Å². The van der Waals surface area contributed by atoms with E-state index in [0.717, 1.165) is 18.5 Å². The second-order valence-electron chi connectivity index (χ2n) is 8.98. The molecular formula is C27H28N4O6. The number of aromatic nitrogens is 1. The van der Waals surface area contributed by atoms with Crippen LogP contribution in [-0.4, -0.2) is 59.1 Å². The zero-order chi connectivity index (χ0) is 25.6. The smallest absolute Gasteiger partial charge is 0.273 e. The maximum Gasteiger partial charge on any atom is 0.273 e. The lowest BCUT2D eigenvalue weighted by Crippen LogP contribution is -2.34. The normalized spacial score (nSPS) is 14.2. The minimum Gasteiger partial charge on any atom is -0.454 e. The third-order valence-corrected chi connectivity index (χ3v) is 6.36. The number of hydrogen-bond donors (Lipinski definition) is 1. The molecule has 1 saturated heterocycles. The largest absolute Gasteiger partial charge is 0.454 e. The van der Waals surface area contributed by atoms with Crippen LogP contribution in [0.1, 0.15) is 51.4 Å². The van der Waals surface area contributed by atoms with E-state index < -0.39 is 0 Å². The van der Waals surface area contributed by atoms with Crippen LogP contribution in [0.5, 0.6) is 11.5 Å². The number of amides is 3. The Morgan fingerprint density at radius 2 is 1.89 bits per heavy atom. The fraction of sp³-hybridized carbons (Fsp3) is 0.333. The second kappa shape index (κ2) is 11.2. The van der Waals surface area contributed by atoms with Gasteiger partial charge >= 0.3 is 0 Å². The second-order valence-corrected chi connectivity index (χ2v) is 8.98. The van der Waals surface area contributed by atoms with Crippen LogP contribution in [0.25, 0.3) is 0 Å². The summed E-state index contributed by atoms with van der Waals surface area (Å²) in [4.78, 5) is 41.3. The molecule has 10 heteroatoms. The molecule has 10 nitrogen and oxygen atoms in total. The fourth-order valence-electron chi connectivity index (χ4n) is 4.42. The van der Waals surface area contributed by atoms with E-state index in [-0.39, 0.29) is 43.3 Å². The highest BCUT2D eigenvalue weighted by molar-refractivity contribution is 5.94. The number of nitrogens with one attached hydrogen (secondary N) is 1. The van der Waals surface area contributed by atoms with E-state index in [4.69, 9.17) is 14.0 Å². The average molecular weight is 505 g/mol. The van der Waals surface area contributed by atoms with Crippen LogP contribution in [0, 0.1) is 0 Å². The molecule has 2 aliphatic heterocycles. The minimum absolute atomic E-state index is 0.130. The van der Waals surface area contributed by atoms with E-state index >= 15 is 0 Å². The molecule has 1 fully saturated rings. The Labute approximate surface area is 214 Å². The molecular weight excluding hydrogens is 476 g/mol. The first-order chi connectivity index (χ1) is 18.1. The van der Waals surface area contributed by atoms with Crippen molar-refractivity contribution in [3.05, 3.63) is 77.2 Å². The van der Waals surface area contributed by atoms with Gasteiger partial charge in [0.1, 0.15) is 0 Å². The number of benzene rings is 2. The third-order valence-electron chi connectivity index (χ3n) is 6.36. The molecule has 0 saturated carbocycles. The van der Waals surface area contributed by atoms with Crippen molar-refractivity contribution in [2.45, 2.75) is 32.4 Å². The number of carbonyl (C=O) groups excluding carboxylic acids is 3. The van der Waals surface area contributed by atoms with Crippen LogP contribution in [0.3, 0.4) is 0 Å². The maximum absolute atomic E-state index is 13.2. The zero-order valence-corrected chi connectivity index (χ0v) is 20.4. The Hall–Kier alpha value is -4.34. The highest BCUT2D eigenvalue weighted by atomic mass is 16.7. The summed E-state index contributed by atoms with van der Waals surface area (Å²) in [6.07, 6.45) is 2.11. The van der Waals surface area contributed by atoms with Crippen LogP contribution in [0.4, 0.5) is 0 Å². The predicted octanol–water partition coefficient (Wildman–Crippen LogP) is 2.99. The Bertz CT molecular complexity index is 1270. The van der Waals surface area contributed by atoms with Gasteiger partial charge in [-0.1, -0.05) is 29.4 Å². The van der Waals surface area contributed by atoms with E-state index in [1.165, 1.54) is 0 Å². The Balaban J connectivity index is 1.20. The van der Waals surface area contributed by atoms with Gasteiger partial charge in [0.2, 0.25) is 12.7 Å². The topological polar surface area (TPSA) is 114 Å². The molecule has 0 atom stereocenters. The molecule has 0 unspecified atom stereocenters. The van der Waals surface area contributed by atoms with Gasteiger partial charge in [-0.15, -0.1) is 0 Å². The lowest BCUT2D eigenvalue weighted by molar-refractivity contribution is -0.127. The van der Waals surface area contributed by atoms with E-state index in [1.54, 1.807) is 29.2 Å². The van der Waals surface area contributed by atoms with Gasteiger partial charge < -0.3 is 29.1 Å². The molecule has 2 aliphatic rings. The van der Waals surface area contributed by atoms with E-state index in [2.05, 4.69) is 10.5 Å². The quantitative estimate of drug-likeness (QED) is 0.451. The zero-order valence-electron chi connectivity index (χ0n) is 20.4. The van der Waals surface area contributed by atoms with E-state index in [0.29, 0.717) is 48.8 Å². The van der Waals surface area contributed by atoms with Gasteiger partial charge in [-0.3, -0.25) is 14.4 Å². The van der Waals surface area contributed by atoms with Gasteiger partial charge in [0.15, 0.2) is 23.0 Å². The molecule has 2 aromatic carbocycles. The first-order valence-corrected chi connectivity index (χ1v) is 12.3.